The fourth-order valence-corrected chi connectivity index (χ4v) is 1.84. The molecule has 1 aromatic heterocycles. The van der Waals surface area contributed by atoms with E-state index in [1.165, 1.54) is 42.6 Å². The van der Waals surface area contributed by atoms with Gasteiger partial charge in [-0.15, -0.1) is 0 Å². The van der Waals surface area contributed by atoms with Crippen LogP contribution in [0.3, 0.4) is 0 Å². The van der Waals surface area contributed by atoms with Crippen LogP contribution in [0.25, 0.3) is 0 Å². The Balaban J connectivity index is 2.50. The molecule has 0 saturated carbocycles. The van der Waals surface area contributed by atoms with E-state index in [1.54, 1.807) is 0 Å². The van der Waals surface area contributed by atoms with Crippen molar-refractivity contribution in [3.63, 3.8) is 0 Å². The molecule has 11 heavy (non-hydrogen) atoms. The van der Waals surface area contributed by atoms with Crippen LogP contribution < -0.4 is 0 Å². The molecule has 0 aromatic carbocycles. The van der Waals surface area contributed by atoms with E-state index >= 15 is 0 Å². The summed E-state index contributed by atoms with van der Waals surface area (Å²) >= 11 is 0. The smallest absolute Gasteiger partial charge is 0.0659 e. The van der Waals surface area contributed by atoms with Gasteiger partial charge in [0.2, 0.25) is 0 Å². The first-order valence-corrected chi connectivity index (χ1v) is 4.30. The number of fused-ring (bicyclic) bond motifs is 1. The summed E-state index contributed by atoms with van der Waals surface area (Å²) in [5.74, 6) is 0. The molecule has 2 rings (SSSR count). The highest BCUT2D eigenvalue weighted by molar-refractivity contribution is 5.27. The van der Waals surface area contributed by atoms with Crippen molar-refractivity contribution in [2.45, 2.75) is 32.6 Å². The third-order valence-electron chi connectivity index (χ3n) is 2.63. The SMILES string of the molecule is Cc1c2c(nn1C)CCCC2. The molecule has 2 heteroatoms. The molecule has 2 nitrogen and oxygen atoms in total. The molecular weight excluding hydrogens is 136 g/mol. The summed E-state index contributed by atoms with van der Waals surface area (Å²) in [6.07, 6.45) is 5.11. The van der Waals surface area contributed by atoms with Crippen LogP contribution in [0.5, 0.6) is 0 Å². The second-order valence-electron chi connectivity index (χ2n) is 3.34. The van der Waals surface area contributed by atoms with Crippen LogP contribution >= 0.6 is 0 Å². The first-order chi connectivity index (χ1) is 5.29. The average Bonchev–Trinajstić information content (AvgIpc) is 2.30. The number of hydrogen-bond acceptors (Lipinski definition) is 1. The maximum atomic E-state index is 4.47. The lowest BCUT2D eigenvalue weighted by Crippen LogP contribution is -2.00. The van der Waals surface area contributed by atoms with Crippen molar-refractivity contribution in [2.24, 2.45) is 7.05 Å². The predicted molar refractivity (Wildman–Crippen MR) is 44.6 cm³/mol. The van der Waals surface area contributed by atoms with Gasteiger partial charge in [0.05, 0.1) is 5.69 Å². The fourth-order valence-electron chi connectivity index (χ4n) is 1.84. The van der Waals surface area contributed by atoms with Gasteiger partial charge in [-0.25, -0.2) is 0 Å². The lowest BCUT2D eigenvalue weighted by atomic mass is 9.96. The van der Waals surface area contributed by atoms with Gasteiger partial charge < -0.3 is 0 Å². The van der Waals surface area contributed by atoms with E-state index in [4.69, 9.17) is 0 Å². The maximum Gasteiger partial charge on any atom is 0.0659 e. The molecule has 0 spiro atoms. The first kappa shape index (κ1) is 6.89. The zero-order valence-corrected chi connectivity index (χ0v) is 7.22. The minimum atomic E-state index is 1.19. The van der Waals surface area contributed by atoms with Crippen LogP contribution in [-0.4, -0.2) is 9.78 Å². The van der Waals surface area contributed by atoms with E-state index < -0.39 is 0 Å². The van der Waals surface area contributed by atoms with Gasteiger partial charge in [-0.05, 0) is 38.2 Å². The first-order valence-electron chi connectivity index (χ1n) is 4.30. The average molecular weight is 150 g/mol. The van der Waals surface area contributed by atoms with E-state index in [0.717, 1.165) is 0 Å². The minimum absolute atomic E-state index is 1.19. The van der Waals surface area contributed by atoms with E-state index in [2.05, 4.69) is 12.0 Å². The predicted octanol–water partition coefficient (Wildman–Crippen LogP) is 1.61. The van der Waals surface area contributed by atoms with Crippen molar-refractivity contribution >= 4 is 0 Å². The van der Waals surface area contributed by atoms with Gasteiger partial charge in [0.25, 0.3) is 0 Å². The number of rotatable bonds is 0. The summed E-state index contributed by atoms with van der Waals surface area (Å²) < 4.78 is 2.01. The zero-order chi connectivity index (χ0) is 7.84. The van der Waals surface area contributed by atoms with Gasteiger partial charge in [-0.1, -0.05) is 0 Å². The number of hydrogen-bond donors (Lipinski definition) is 0. The maximum absolute atomic E-state index is 4.47. The van der Waals surface area contributed by atoms with Crippen molar-refractivity contribution in [1.29, 1.82) is 0 Å². The van der Waals surface area contributed by atoms with Crippen LogP contribution in [0.2, 0.25) is 0 Å². The molecule has 1 aliphatic carbocycles. The summed E-state index contributed by atoms with van der Waals surface area (Å²) in [6, 6.07) is 0. The summed E-state index contributed by atoms with van der Waals surface area (Å²) in [5, 5.41) is 4.47. The second-order valence-corrected chi connectivity index (χ2v) is 3.34. The normalized spacial score (nSPS) is 16.5. The summed E-state index contributed by atoms with van der Waals surface area (Å²) in [7, 11) is 2.04. The molecule has 0 fully saturated rings. The van der Waals surface area contributed by atoms with Gasteiger partial charge in [0.15, 0.2) is 0 Å². The Bertz CT molecular complexity index is 273. The van der Waals surface area contributed by atoms with Crippen LogP contribution in [0.15, 0.2) is 0 Å². The van der Waals surface area contributed by atoms with Crippen molar-refractivity contribution in [3.8, 4) is 0 Å². The third kappa shape index (κ3) is 0.971. The van der Waals surface area contributed by atoms with Crippen molar-refractivity contribution < 1.29 is 0 Å². The van der Waals surface area contributed by atoms with Crippen LogP contribution in [0, 0.1) is 6.92 Å². The molecule has 1 aliphatic rings. The van der Waals surface area contributed by atoms with E-state index in [0.29, 0.717) is 0 Å². The highest BCUT2D eigenvalue weighted by atomic mass is 15.3. The summed E-state index contributed by atoms with van der Waals surface area (Å²) in [4.78, 5) is 0. The Kier molecular flexibility index (Phi) is 1.48. The number of aromatic nitrogens is 2. The Labute approximate surface area is 67.2 Å². The summed E-state index contributed by atoms with van der Waals surface area (Å²) in [6.45, 7) is 2.16. The Hall–Kier alpha value is -0.790. The lowest BCUT2D eigenvalue weighted by molar-refractivity contribution is 0.664. The van der Waals surface area contributed by atoms with Crippen molar-refractivity contribution in [3.05, 3.63) is 17.0 Å². The molecular formula is C9H14N2. The number of aryl methyl sites for hydroxylation is 2. The van der Waals surface area contributed by atoms with Crippen LogP contribution in [0.1, 0.15) is 29.8 Å². The topological polar surface area (TPSA) is 17.8 Å². The van der Waals surface area contributed by atoms with E-state index in [9.17, 15) is 0 Å². The zero-order valence-electron chi connectivity index (χ0n) is 7.22. The second kappa shape index (κ2) is 2.36. The van der Waals surface area contributed by atoms with Crippen LogP contribution in [-0.2, 0) is 19.9 Å². The van der Waals surface area contributed by atoms with Crippen molar-refractivity contribution in [1.82, 2.24) is 9.78 Å². The van der Waals surface area contributed by atoms with Gasteiger partial charge in [0.1, 0.15) is 0 Å². The molecule has 1 aromatic rings. The van der Waals surface area contributed by atoms with E-state index in [1.807, 2.05) is 11.7 Å². The van der Waals surface area contributed by atoms with Gasteiger partial charge in [0, 0.05) is 12.7 Å². The summed E-state index contributed by atoms with van der Waals surface area (Å²) in [5.41, 5.74) is 4.22. The third-order valence-corrected chi connectivity index (χ3v) is 2.63. The molecule has 1 heterocycles. The van der Waals surface area contributed by atoms with Gasteiger partial charge >= 0.3 is 0 Å². The molecule has 0 aliphatic heterocycles. The monoisotopic (exact) mass is 150 g/mol. The standard InChI is InChI=1S/C9H14N2/c1-7-8-5-3-4-6-9(8)10-11(7)2/h3-6H2,1-2H3. The molecule has 0 unspecified atom stereocenters. The molecule has 0 atom stereocenters. The van der Waals surface area contributed by atoms with Crippen LogP contribution in [0.4, 0.5) is 0 Å². The van der Waals surface area contributed by atoms with E-state index in [-0.39, 0.29) is 0 Å². The van der Waals surface area contributed by atoms with Gasteiger partial charge in [-0.2, -0.15) is 5.10 Å². The largest absolute Gasteiger partial charge is 0.272 e. The lowest BCUT2D eigenvalue weighted by Gasteiger charge is -2.08. The Morgan fingerprint density at radius 2 is 2.00 bits per heavy atom. The molecule has 60 valence electrons. The minimum Gasteiger partial charge on any atom is -0.272 e. The quantitative estimate of drug-likeness (QED) is 0.549. The molecule has 0 radical (unpaired) electrons. The number of nitrogens with zero attached hydrogens (tertiary/aromatic N) is 2. The Morgan fingerprint density at radius 3 is 2.73 bits per heavy atom. The highest BCUT2D eigenvalue weighted by Crippen LogP contribution is 2.22. The Morgan fingerprint density at radius 1 is 1.27 bits per heavy atom. The molecule has 0 bridgehead atoms. The molecule has 0 amide bonds. The van der Waals surface area contributed by atoms with Gasteiger partial charge in [-0.3, -0.25) is 4.68 Å². The molecule has 0 saturated heterocycles. The molecule has 0 N–H and O–H groups in total. The highest BCUT2D eigenvalue weighted by Gasteiger charge is 2.15. The fraction of sp³-hybridized carbons (Fsp3) is 0.667. The van der Waals surface area contributed by atoms with Crippen molar-refractivity contribution in [2.75, 3.05) is 0 Å².